The number of aryl methyl sites for hydroxylation is 2. The first kappa shape index (κ1) is 19.9. The molecule has 5 aromatic rings. The summed E-state index contributed by atoms with van der Waals surface area (Å²) in [5.74, 6) is 0.827. The van der Waals surface area contributed by atoms with Gasteiger partial charge in [-0.2, -0.15) is 0 Å². The number of nitrogens with one attached hydrogen (secondary N) is 1. The van der Waals surface area contributed by atoms with Crippen molar-refractivity contribution in [3.05, 3.63) is 87.5 Å². The molecule has 0 fully saturated rings. The van der Waals surface area contributed by atoms with Crippen molar-refractivity contribution in [2.24, 2.45) is 0 Å². The van der Waals surface area contributed by atoms with Crippen molar-refractivity contribution in [1.82, 2.24) is 19.5 Å². The normalized spacial score (nSPS) is 11.3. The molecule has 0 atom stereocenters. The Kier molecular flexibility index (Phi) is 5.31. The first-order chi connectivity index (χ1) is 15.1. The molecule has 0 aliphatic rings. The van der Waals surface area contributed by atoms with Gasteiger partial charge in [0.1, 0.15) is 12.1 Å². The van der Waals surface area contributed by atoms with Crippen LogP contribution in [-0.4, -0.2) is 19.5 Å². The van der Waals surface area contributed by atoms with Crippen LogP contribution in [0.15, 0.2) is 67.3 Å². The fourth-order valence-electron chi connectivity index (χ4n) is 3.93. The number of benzene rings is 3. The quantitative estimate of drug-likeness (QED) is 0.279. The second kappa shape index (κ2) is 8.26. The van der Waals surface area contributed by atoms with E-state index in [0.717, 1.165) is 44.5 Å². The largest absolute Gasteiger partial charge is 0.340 e. The minimum Gasteiger partial charge on any atom is -0.340 e. The zero-order valence-corrected chi connectivity index (χ0v) is 19.6. The Morgan fingerprint density at radius 2 is 1.84 bits per heavy atom. The smallest absolute Gasteiger partial charge is 0.141 e. The molecule has 154 valence electrons. The molecule has 5 nitrogen and oxygen atoms in total. The fourth-order valence-corrected chi connectivity index (χ4v) is 4.42. The lowest BCUT2D eigenvalue weighted by Gasteiger charge is -2.12. The first-order valence-electron chi connectivity index (χ1n) is 10.3. The van der Waals surface area contributed by atoms with Gasteiger partial charge in [-0.1, -0.05) is 12.1 Å². The number of rotatable bonds is 5. The SMILES string of the molecule is CCn1cnc2cc(Cc3ccc(Nc4ncnc5ccc(I)cc45)cc3C)ccc21. The molecule has 2 aromatic heterocycles. The van der Waals surface area contributed by atoms with Gasteiger partial charge in [-0.05, 0) is 102 Å². The molecule has 0 spiro atoms. The Balaban J connectivity index is 1.40. The second-order valence-electron chi connectivity index (χ2n) is 7.68. The van der Waals surface area contributed by atoms with Gasteiger partial charge in [0.25, 0.3) is 0 Å². The summed E-state index contributed by atoms with van der Waals surface area (Å²) >= 11 is 2.32. The van der Waals surface area contributed by atoms with Gasteiger partial charge in [-0.15, -0.1) is 0 Å². The topological polar surface area (TPSA) is 55.6 Å². The van der Waals surface area contributed by atoms with Crippen molar-refractivity contribution in [2.75, 3.05) is 5.32 Å². The summed E-state index contributed by atoms with van der Waals surface area (Å²) in [5, 5.41) is 4.50. The molecule has 31 heavy (non-hydrogen) atoms. The van der Waals surface area contributed by atoms with Crippen molar-refractivity contribution >= 4 is 56.0 Å². The molecule has 6 heteroatoms. The maximum atomic E-state index is 4.55. The molecule has 1 N–H and O–H groups in total. The molecule has 5 rings (SSSR count). The van der Waals surface area contributed by atoms with Gasteiger partial charge in [0.05, 0.1) is 22.9 Å². The van der Waals surface area contributed by atoms with Gasteiger partial charge in [-0.3, -0.25) is 0 Å². The number of hydrogen-bond donors (Lipinski definition) is 1. The number of halogens is 1. The van der Waals surface area contributed by atoms with Crippen LogP contribution in [0.3, 0.4) is 0 Å². The summed E-state index contributed by atoms with van der Waals surface area (Å²) in [6.07, 6.45) is 4.41. The molecular weight excluding hydrogens is 497 g/mol. The lowest BCUT2D eigenvalue weighted by atomic mass is 9.99. The highest BCUT2D eigenvalue weighted by Gasteiger charge is 2.08. The van der Waals surface area contributed by atoms with Gasteiger partial charge in [0.15, 0.2) is 0 Å². The van der Waals surface area contributed by atoms with Crippen LogP contribution < -0.4 is 5.32 Å². The summed E-state index contributed by atoms with van der Waals surface area (Å²) in [5.41, 5.74) is 8.03. The molecule has 0 saturated heterocycles. The summed E-state index contributed by atoms with van der Waals surface area (Å²) in [6.45, 7) is 5.23. The van der Waals surface area contributed by atoms with E-state index in [4.69, 9.17) is 0 Å². The molecule has 0 saturated carbocycles. The third kappa shape index (κ3) is 3.99. The number of aromatic nitrogens is 4. The van der Waals surface area contributed by atoms with Gasteiger partial charge >= 0.3 is 0 Å². The molecule has 0 amide bonds. The van der Waals surface area contributed by atoms with Crippen molar-refractivity contribution in [3.8, 4) is 0 Å². The number of imidazole rings is 1. The van der Waals surface area contributed by atoms with E-state index in [9.17, 15) is 0 Å². The van der Waals surface area contributed by atoms with E-state index in [1.54, 1.807) is 6.33 Å². The molecule has 0 unspecified atom stereocenters. The van der Waals surface area contributed by atoms with E-state index < -0.39 is 0 Å². The van der Waals surface area contributed by atoms with Gasteiger partial charge in [0.2, 0.25) is 0 Å². The predicted molar refractivity (Wildman–Crippen MR) is 135 cm³/mol. The van der Waals surface area contributed by atoms with Crippen molar-refractivity contribution in [2.45, 2.75) is 26.8 Å². The standard InChI is InChI=1S/C25H22IN5/c1-3-31-15-29-23-12-17(4-9-24(23)31)11-18-5-7-20(10-16(18)2)30-25-21-13-19(26)6-8-22(21)27-14-28-25/h4-10,12-15H,3,11H2,1-2H3,(H,27,28,30). The summed E-state index contributed by atoms with van der Waals surface area (Å²) < 4.78 is 3.33. The average Bonchev–Trinajstić information content (AvgIpc) is 3.18. The molecule has 0 aliphatic carbocycles. The van der Waals surface area contributed by atoms with E-state index in [1.165, 1.54) is 22.2 Å². The third-order valence-electron chi connectivity index (χ3n) is 5.62. The van der Waals surface area contributed by atoms with Crippen LogP contribution in [0.2, 0.25) is 0 Å². The average molecular weight is 519 g/mol. The lowest BCUT2D eigenvalue weighted by Crippen LogP contribution is -1.98. The number of nitrogens with zero attached hydrogens (tertiary/aromatic N) is 4. The first-order valence-corrected chi connectivity index (χ1v) is 11.4. The Labute approximate surface area is 194 Å². The van der Waals surface area contributed by atoms with E-state index in [1.807, 2.05) is 12.4 Å². The summed E-state index contributed by atoms with van der Waals surface area (Å²) in [4.78, 5) is 13.4. The van der Waals surface area contributed by atoms with Gasteiger partial charge < -0.3 is 9.88 Å². The Morgan fingerprint density at radius 3 is 2.68 bits per heavy atom. The highest BCUT2D eigenvalue weighted by molar-refractivity contribution is 14.1. The molecule has 2 heterocycles. The van der Waals surface area contributed by atoms with Crippen molar-refractivity contribution < 1.29 is 0 Å². The second-order valence-corrected chi connectivity index (χ2v) is 8.93. The molecule has 0 aliphatic heterocycles. The molecule has 0 bridgehead atoms. The predicted octanol–water partition coefficient (Wildman–Crippen LogP) is 6.25. The maximum Gasteiger partial charge on any atom is 0.141 e. The highest BCUT2D eigenvalue weighted by Crippen LogP contribution is 2.27. The van der Waals surface area contributed by atoms with Crippen LogP contribution in [0.1, 0.15) is 23.6 Å². The van der Waals surface area contributed by atoms with Crippen molar-refractivity contribution in [1.29, 1.82) is 0 Å². The molecule has 3 aromatic carbocycles. The Morgan fingerprint density at radius 1 is 0.935 bits per heavy atom. The Bertz CT molecular complexity index is 1410. The van der Waals surface area contributed by atoms with E-state index >= 15 is 0 Å². The molecular formula is C25H22IN5. The monoisotopic (exact) mass is 519 g/mol. The van der Waals surface area contributed by atoms with E-state index in [0.29, 0.717) is 0 Å². The van der Waals surface area contributed by atoms with Crippen LogP contribution in [0.5, 0.6) is 0 Å². The maximum absolute atomic E-state index is 4.55. The molecule has 0 radical (unpaired) electrons. The lowest BCUT2D eigenvalue weighted by molar-refractivity contribution is 0.787. The summed E-state index contributed by atoms with van der Waals surface area (Å²) in [6, 6.07) is 19.3. The van der Waals surface area contributed by atoms with Crippen molar-refractivity contribution in [3.63, 3.8) is 0 Å². The third-order valence-corrected chi connectivity index (χ3v) is 6.29. The number of hydrogen-bond acceptors (Lipinski definition) is 4. The number of fused-ring (bicyclic) bond motifs is 2. The van der Waals surface area contributed by atoms with Gasteiger partial charge in [0, 0.05) is 21.2 Å². The minimum absolute atomic E-state index is 0.827. The highest BCUT2D eigenvalue weighted by atomic mass is 127. The van der Waals surface area contributed by atoms with Crippen LogP contribution in [0.25, 0.3) is 21.9 Å². The Hall–Kier alpha value is -3.00. The van der Waals surface area contributed by atoms with Crippen LogP contribution >= 0.6 is 22.6 Å². The summed E-state index contributed by atoms with van der Waals surface area (Å²) in [7, 11) is 0. The van der Waals surface area contributed by atoms with E-state index in [2.05, 4.69) is 110 Å². The van der Waals surface area contributed by atoms with Crippen LogP contribution in [-0.2, 0) is 13.0 Å². The fraction of sp³-hybridized carbons (Fsp3) is 0.160. The van der Waals surface area contributed by atoms with Crippen LogP contribution in [0.4, 0.5) is 11.5 Å². The van der Waals surface area contributed by atoms with Gasteiger partial charge in [-0.25, -0.2) is 15.0 Å². The number of anilines is 2. The van der Waals surface area contributed by atoms with Crippen LogP contribution in [0, 0.1) is 10.5 Å². The van der Waals surface area contributed by atoms with E-state index in [-0.39, 0.29) is 0 Å². The zero-order chi connectivity index (χ0) is 21.4. The minimum atomic E-state index is 0.827. The zero-order valence-electron chi connectivity index (χ0n) is 17.4.